The molecular weight excluding hydrogens is 504 g/mol. The Morgan fingerprint density at radius 3 is 1.23 bits per heavy atom. The molecular formula is C34H64O6. The Balaban J connectivity index is 4.29. The lowest BCUT2D eigenvalue weighted by molar-refractivity contribution is -0.167. The van der Waals surface area contributed by atoms with Gasteiger partial charge in [0.1, 0.15) is 13.2 Å². The zero-order chi connectivity index (χ0) is 29.7. The molecule has 0 fully saturated rings. The number of unbranched alkanes of at least 4 members (excludes halogenated alkanes) is 16. The molecule has 40 heavy (non-hydrogen) atoms. The highest BCUT2D eigenvalue weighted by Gasteiger charge is 2.19. The van der Waals surface area contributed by atoms with E-state index in [1.54, 1.807) is 0 Å². The maximum absolute atomic E-state index is 12.4. The van der Waals surface area contributed by atoms with E-state index in [0.29, 0.717) is 19.3 Å². The molecule has 0 aliphatic rings. The summed E-state index contributed by atoms with van der Waals surface area (Å²) in [5.41, 5.74) is 0. The zero-order valence-corrected chi connectivity index (χ0v) is 26.8. The van der Waals surface area contributed by atoms with Crippen LogP contribution in [0.25, 0.3) is 0 Å². The third-order valence-corrected chi connectivity index (χ3v) is 7.29. The van der Waals surface area contributed by atoms with Gasteiger partial charge >= 0.3 is 17.9 Å². The monoisotopic (exact) mass is 568 g/mol. The summed E-state index contributed by atoms with van der Waals surface area (Å²) >= 11 is 0. The molecule has 0 aromatic carbocycles. The van der Waals surface area contributed by atoms with Gasteiger partial charge in [0.2, 0.25) is 0 Å². The predicted molar refractivity (Wildman–Crippen MR) is 164 cm³/mol. The molecule has 0 N–H and O–H groups in total. The highest BCUT2D eigenvalue weighted by molar-refractivity contribution is 5.71. The van der Waals surface area contributed by atoms with Gasteiger partial charge in [-0.05, 0) is 25.2 Å². The Labute approximate surface area is 247 Å². The summed E-state index contributed by atoms with van der Waals surface area (Å²) in [6, 6.07) is 0. The van der Waals surface area contributed by atoms with Crippen LogP contribution in [0.4, 0.5) is 0 Å². The van der Waals surface area contributed by atoms with E-state index in [4.69, 9.17) is 14.2 Å². The lowest BCUT2D eigenvalue weighted by Gasteiger charge is -2.18. The molecule has 0 unspecified atom stereocenters. The second-order valence-electron chi connectivity index (χ2n) is 11.9. The standard InChI is InChI=1S/C34H64O6/c1-5-7-9-11-13-18-21-25-32(35)38-28-31(40-34(37)27-23-16-10-8-6-2)29-39-33(36)26-22-19-15-12-14-17-20-24-30(3)4/h30-31H,5-29H2,1-4H3/t31-/m1/s1. The number of carbonyl (C=O) groups excluding carboxylic acids is 3. The van der Waals surface area contributed by atoms with Gasteiger partial charge in [0.05, 0.1) is 0 Å². The van der Waals surface area contributed by atoms with Crippen LogP contribution < -0.4 is 0 Å². The molecule has 236 valence electrons. The molecule has 0 amide bonds. The fourth-order valence-electron chi connectivity index (χ4n) is 4.68. The van der Waals surface area contributed by atoms with Crippen molar-refractivity contribution < 1.29 is 28.6 Å². The van der Waals surface area contributed by atoms with Crippen molar-refractivity contribution >= 4 is 17.9 Å². The lowest BCUT2D eigenvalue weighted by Crippen LogP contribution is -2.30. The Kier molecular flexibility index (Phi) is 27.8. The van der Waals surface area contributed by atoms with Crippen molar-refractivity contribution in [3.8, 4) is 0 Å². The van der Waals surface area contributed by atoms with Crippen molar-refractivity contribution in [2.75, 3.05) is 13.2 Å². The normalized spacial score (nSPS) is 11.9. The van der Waals surface area contributed by atoms with Gasteiger partial charge in [-0.15, -0.1) is 0 Å². The van der Waals surface area contributed by atoms with Crippen molar-refractivity contribution in [1.29, 1.82) is 0 Å². The topological polar surface area (TPSA) is 78.9 Å². The van der Waals surface area contributed by atoms with Crippen LogP contribution in [0.3, 0.4) is 0 Å². The van der Waals surface area contributed by atoms with E-state index < -0.39 is 6.10 Å². The van der Waals surface area contributed by atoms with E-state index in [1.807, 2.05) is 0 Å². The van der Waals surface area contributed by atoms with E-state index >= 15 is 0 Å². The number of hydrogen-bond donors (Lipinski definition) is 0. The number of ether oxygens (including phenoxy) is 3. The average Bonchev–Trinajstić information content (AvgIpc) is 2.92. The smallest absolute Gasteiger partial charge is 0.306 e. The first kappa shape index (κ1) is 38.4. The van der Waals surface area contributed by atoms with Crippen LogP contribution in [0.1, 0.15) is 175 Å². The summed E-state index contributed by atoms with van der Waals surface area (Å²) in [4.78, 5) is 36.9. The van der Waals surface area contributed by atoms with Crippen molar-refractivity contribution in [3.63, 3.8) is 0 Å². The molecule has 0 rings (SSSR count). The molecule has 1 atom stereocenters. The lowest BCUT2D eigenvalue weighted by atomic mass is 10.0. The average molecular weight is 569 g/mol. The minimum atomic E-state index is -0.754. The summed E-state index contributed by atoms with van der Waals surface area (Å²) in [6.07, 6.45) is 22.8. The zero-order valence-electron chi connectivity index (χ0n) is 26.8. The van der Waals surface area contributed by atoms with Gasteiger partial charge in [-0.2, -0.15) is 0 Å². The molecule has 0 bridgehead atoms. The molecule has 0 radical (unpaired) electrons. The Hall–Kier alpha value is -1.59. The third kappa shape index (κ3) is 28.0. The van der Waals surface area contributed by atoms with Crippen LogP contribution in [0.15, 0.2) is 0 Å². The highest BCUT2D eigenvalue weighted by Crippen LogP contribution is 2.14. The first-order valence-electron chi connectivity index (χ1n) is 16.9. The molecule has 0 aromatic heterocycles. The summed E-state index contributed by atoms with van der Waals surface area (Å²) < 4.78 is 16.4. The number of hydrogen-bond acceptors (Lipinski definition) is 6. The van der Waals surface area contributed by atoms with Gasteiger partial charge in [0.15, 0.2) is 6.10 Å². The van der Waals surface area contributed by atoms with Gasteiger partial charge in [-0.3, -0.25) is 14.4 Å². The molecule has 0 saturated heterocycles. The fraction of sp³-hybridized carbons (Fsp3) is 0.912. The van der Waals surface area contributed by atoms with Crippen LogP contribution in [0.2, 0.25) is 0 Å². The van der Waals surface area contributed by atoms with Gasteiger partial charge in [-0.1, -0.05) is 137 Å². The second kappa shape index (κ2) is 28.9. The summed E-state index contributed by atoms with van der Waals surface area (Å²) in [5.74, 6) is -0.114. The van der Waals surface area contributed by atoms with Crippen molar-refractivity contribution in [3.05, 3.63) is 0 Å². The SMILES string of the molecule is CCCCCCCCCC(=O)OC[C@H](COC(=O)CCCCCCCCCC(C)C)OC(=O)CCCCCCC. The van der Waals surface area contributed by atoms with Gasteiger partial charge in [0, 0.05) is 19.3 Å². The van der Waals surface area contributed by atoms with Crippen molar-refractivity contribution in [1.82, 2.24) is 0 Å². The van der Waals surface area contributed by atoms with Gasteiger partial charge < -0.3 is 14.2 Å². The van der Waals surface area contributed by atoms with Crippen LogP contribution in [-0.2, 0) is 28.6 Å². The summed E-state index contributed by atoms with van der Waals surface area (Å²) in [6.45, 7) is 8.76. The molecule has 6 nitrogen and oxygen atoms in total. The van der Waals surface area contributed by atoms with E-state index in [1.165, 1.54) is 64.2 Å². The molecule has 0 aromatic rings. The maximum Gasteiger partial charge on any atom is 0.306 e. The van der Waals surface area contributed by atoms with E-state index in [-0.39, 0.29) is 31.1 Å². The summed E-state index contributed by atoms with van der Waals surface area (Å²) in [7, 11) is 0. The van der Waals surface area contributed by atoms with E-state index in [0.717, 1.165) is 70.1 Å². The largest absolute Gasteiger partial charge is 0.462 e. The number of carbonyl (C=O) groups is 3. The molecule has 0 saturated carbocycles. The summed E-state index contributed by atoms with van der Waals surface area (Å²) in [5, 5.41) is 0. The maximum atomic E-state index is 12.4. The number of rotatable bonds is 29. The first-order chi connectivity index (χ1) is 19.4. The quantitative estimate of drug-likeness (QED) is 0.0508. The third-order valence-electron chi connectivity index (χ3n) is 7.29. The van der Waals surface area contributed by atoms with Crippen molar-refractivity contribution in [2.24, 2.45) is 5.92 Å². The minimum absolute atomic E-state index is 0.0685. The predicted octanol–water partition coefficient (Wildman–Crippen LogP) is 9.65. The minimum Gasteiger partial charge on any atom is -0.462 e. The molecule has 0 heterocycles. The van der Waals surface area contributed by atoms with E-state index in [2.05, 4.69) is 27.7 Å². The fourth-order valence-corrected chi connectivity index (χ4v) is 4.68. The Bertz CT molecular complexity index is 603. The van der Waals surface area contributed by atoms with Gasteiger partial charge in [0.25, 0.3) is 0 Å². The second-order valence-corrected chi connectivity index (χ2v) is 11.9. The van der Waals surface area contributed by atoms with Crippen LogP contribution in [-0.4, -0.2) is 37.2 Å². The number of esters is 3. The molecule has 6 heteroatoms. The van der Waals surface area contributed by atoms with Gasteiger partial charge in [-0.25, -0.2) is 0 Å². The van der Waals surface area contributed by atoms with Crippen LogP contribution >= 0.6 is 0 Å². The van der Waals surface area contributed by atoms with Crippen molar-refractivity contribution in [2.45, 2.75) is 181 Å². The van der Waals surface area contributed by atoms with E-state index in [9.17, 15) is 14.4 Å². The first-order valence-corrected chi connectivity index (χ1v) is 16.9. The Morgan fingerprint density at radius 2 is 0.825 bits per heavy atom. The molecule has 0 aliphatic heterocycles. The molecule has 0 aliphatic carbocycles. The molecule has 0 spiro atoms. The Morgan fingerprint density at radius 1 is 0.475 bits per heavy atom. The highest BCUT2D eigenvalue weighted by atomic mass is 16.6. The van der Waals surface area contributed by atoms with Crippen LogP contribution in [0.5, 0.6) is 0 Å². The van der Waals surface area contributed by atoms with Crippen LogP contribution in [0, 0.1) is 5.92 Å².